The van der Waals surface area contributed by atoms with Gasteiger partial charge in [-0.2, -0.15) is 5.26 Å². The fourth-order valence-electron chi connectivity index (χ4n) is 1.67. The third kappa shape index (κ3) is 2.46. The number of aromatic nitrogens is 2. The highest BCUT2D eigenvalue weighted by atomic mass is 32.2. The summed E-state index contributed by atoms with van der Waals surface area (Å²) in [5.74, 6) is 0. The van der Waals surface area contributed by atoms with Crippen LogP contribution in [0.25, 0.3) is 10.2 Å². The van der Waals surface area contributed by atoms with Crippen LogP contribution in [0.5, 0.6) is 0 Å². The van der Waals surface area contributed by atoms with Crippen molar-refractivity contribution in [3.8, 4) is 6.07 Å². The Morgan fingerprint density at radius 1 is 1.16 bits per heavy atom. The first-order valence-electron chi connectivity index (χ1n) is 5.67. The number of pyridine rings is 1. The van der Waals surface area contributed by atoms with Crippen LogP contribution < -0.4 is 0 Å². The highest BCUT2D eigenvalue weighted by Gasteiger charge is 2.10. The van der Waals surface area contributed by atoms with Crippen molar-refractivity contribution in [3.63, 3.8) is 0 Å². The molecular formula is C14H9N3S2. The lowest BCUT2D eigenvalue weighted by molar-refractivity contribution is 1.05. The van der Waals surface area contributed by atoms with E-state index in [2.05, 4.69) is 16.0 Å². The van der Waals surface area contributed by atoms with Gasteiger partial charge in [-0.05, 0) is 43.0 Å². The molecule has 0 fully saturated rings. The highest BCUT2D eigenvalue weighted by Crippen LogP contribution is 2.34. The Morgan fingerprint density at radius 2 is 2.00 bits per heavy atom. The summed E-state index contributed by atoms with van der Waals surface area (Å²) in [6.45, 7) is 1.92. The Balaban J connectivity index is 2.01. The van der Waals surface area contributed by atoms with Gasteiger partial charge in [0.25, 0.3) is 0 Å². The molecule has 2 heterocycles. The van der Waals surface area contributed by atoms with E-state index in [9.17, 15) is 0 Å². The number of para-hydroxylation sites is 1. The second-order valence-corrected chi connectivity index (χ2v) is 6.23. The zero-order chi connectivity index (χ0) is 13.2. The quantitative estimate of drug-likeness (QED) is 0.712. The van der Waals surface area contributed by atoms with E-state index in [1.807, 2.05) is 37.3 Å². The molecule has 0 atom stereocenters. The molecule has 0 bridgehead atoms. The third-order valence-electron chi connectivity index (χ3n) is 2.58. The number of hydrogen-bond donors (Lipinski definition) is 0. The maximum atomic E-state index is 9.11. The van der Waals surface area contributed by atoms with Crippen molar-refractivity contribution in [1.82, 2.24) is 9.97 Å². The van der Waals surface area contributed by atoms with Crippen LogP contribution in [-0.4, -0.2) is 9.97 Å². The van der Waals surface area contributed by atoms with Crippen LogP contribution >= 0.6 is 23.1 Å². The monoisotopic (exact) mass is 283 g/mol. The highest BCUT2D eigenvalue weighted by molar-refractivity contribution is 8.01. The minimum absolute atomic E-state index is 0.592. The summed E-state index contributed by atoms with van der Waals surface area (Å²) in [4.78, 5) is 8.96. The fourth-order valence-corrected chi connectivity index (χ4v) is 3.77. The molecule has 0 unspecified atom stereocenters. The molecule has 5 heteroatoms. The average Bonchev–Trinajstić information content (AvgIpc) is 2.81. The van der Waals surface area contributed by atoms with Crippen molar-refractivity contribution in [1.29, 1.82) is 5.26 Å². The van der Waals surface area contributed by atoms with Gasteiger partial charge in [0, 0.05) is 5.69 Å². The summed E-state index contributed by atoms with van der Waals surface area (Å²) >= 11 is 3.07. The van der Waals surface area contributed by atoms with Gasteiger partial charge in [0.15, 0.2) is 4.34 Å². The summed E-state index contributed by atoms with van der Waals surface area (Å²) in [7, 11) is 0. The van der Waals surface area contributed by atoms with Gasteiger partial charge in [0.2, 0.25) is 0 Å². The molecule has 0 aliphatic rings. The molecule has 0 aliphatic carbocycles. The molecule has 3 aromatic rings. The van der Waals surface area contributed by atoms with Crippen LogP contribution in [0.3, 0.4) is 0 Å². The van der Waals surface area contributed by atoms with Gasteiger partial charge in [0.05, 0.1) is 15.8 Å². The molecule has 0 saturated heterocycles. The summed E-state index contributed by atoms with van der Waals surface area (Å²) in [6.07, 6.45) is 0. The van der Waals surface area contributed by atoms with Gasteiger partial charge in [-0.3, -0.25) is 0 Å². The molecule has 0 saturated carbocycles. The maximum Gasteiger partial charge on any atom is 0.157 e. The van der Waals surface area contributed by atoms with Crippen LogP contribution in [0.15, 0.2) is 45.8 Å². The van der Waals surface area contributed by atoms with Gasteiger partial charge < -0.3 is 0 Å². The third-order valence-corrected chi connectivity index (χ3v) is 4.68. The van der Waals surface area contributed by atoms with Crippen molar-refractivity contribution >= 4 is 33.3 Å². The Labute approximate surface area is 118 Å². The number of aryl methyl sites for hydroxylation is 1. The van der Waals surface area contributed by atoms with Crippen molar-refractivity contribution in [2.75, 3.05) is 0 Å². The van der Waals surface area contributed by atoms with E-state index in [0.717, 1.165) is 25.3 Å². The molecule has 0 spiro atoms. The normalized spacial score (nSPS) is 10.5. The second kappa shape index (κ2) is 5.00. The number of thiazole rings is 1. The van der Waals surface area contributed by atoms with Crippen molar-refractivity contribution < 1.29 is 0 Å². The zero-order valence-corrected chi connectivity index (χ0v) is 11.8. The number of fused-ring (bicyclic) bond motifs is 1. The maximum absolute atomic E-state index is 9.11. The number of nitriles is 1. The number of nitrogens with zero attached hydrogens (tertiary/aromatic N) is 3. The van der Waals surface area contributed by atoms with Crippen LogP contribution in [-0.2, 0) is 0 Å². The summed E-state index contributed by atoms with van der Waals surface area (Å²) in [6, 6.07) is 13.8. The smallest absolute Gasteiger partial charge is 0.157 e. The molecule has 19 heavy (non-hydrogen) atoms. The van der Waals surface area contributed by atoms with Gasteiger partial charge in [-0.25, -0.2) is 9.97 Å². The van der Waals surface area contributed by atoms with Crippen molar-refractivity contribution in [2.24, 2.45) is 0 Å². The zero-order valence-electron chi connectivity index (χ0n) is 10.1. The summed E-state index contributed by atoms with van der Waals surface area (Å²) < 4.78 is 2.06. The number of benzene rings is 1. The van der Waals surface area contributed by atoms with E-state index >= 15 is 0 Å². The average molecular weight is 283 g/mol. The molecule has 2 aromatic heterocycles. The number of rotatable bonds is 2. The second-order valence-electron chi connectivity index (χ2n) is 3.97. The molecule has 1 aromatic carbocycles. The van der Waals surface area contributed by atoms with E-state index in [1.165, 1.54) is 11.8 Å². The molecule has 0 radical (unpaired) electrons. The van der Waals surface area contributed by atoms with Crippen LogP contribution in [0.4, 0.5) is 0 Å². The molecule has 3 nitrogen and oxygen atoms in total. The van der Waals surface area contributed by atoms with E-state index in [0.29, 0.717) is 5.56 Å². The topological polar surface area (TPSA) is 49.6 Å². The Morgan fingerprint density at radius 3 is 2.79 bits per heavy atom. The van der Waals surface area contributed by atoms with Crippen LogP contribution in [0.2, 0.25) is 0 Å². The summed E-state index contributed by atoms with van der Waals surface area (Å²) in [5, 5.41) is 9.83. The minimum atomic E-state index is 0.592. The predicted molar refractivity (Wildman–Crippen MR) is 77.4 cm³/mol. The first-order chi connectivity index (χ1) is 9.26. The largest absolute Gasteiger partial charge is 0.245 e. The molecule has 0 amide bonds. The number of hydrogen-bond acceptors (Lipinski definition) is 5. The first-order valence-corrected chi connectivity index (χ1v) is 7.31. The van der Waals surface area contributed by atoms with Gasteiger partial charge in [0.1, 0.15) is 11.1 Å². The Bertz CT molecular complexity index is 754. The van der Waals surface area contributed by atoms with E-state index < -0.39 is 0 Å². The van der Waals surface area contributed by atoms with Crippen LogP contribution in [0.1, 0.15) is 11.3 Å². The van der Waals surface area contributed by atoms with E-state index in [-0.39, 0.29) is 0 Å². The lowest BCUT2D eigenvalue weighted by Gasteiger charge is -2.00. The predicted octanol–water partition coefficient (Wildman–Crippen LogP) is 4.02. The van der Waals surface area contributed by atoms with Gasteiger partial charge in [-0.1, -0.05) is 12.1 Å². The molecule has 92 valence electrons. The molecular weight excluding hydrogens is 274 g/mol. The van der Waals surface area contributed by atoms with E-state index in [1.54, 1.807) is 17.4 Å². The lowest BCUT2D eigenvalue weighted by Crippen LogP contribution is -1.89. The minimum Gasteiger partial charge on any atom is -0.245 e. The Hall–Kier alpha value is -1.90. The first kappa shape index (κ1) is 12.2. The van der Waals surface area contributed by atoms with Gasteiger partial charge >= 0.3 is 0 Å². The molecule has 3 rings (SSSR count). The van der Waals surface area contributed by atoms with E-state index in [4.69, 9.17) is 5.26 Å². The SMILES string of the molecule is Cc1ccc(C#N)c(Sc2nc3ccccc3s2)n1. The van der Waals surface area contributed by atoms with Crippen molar-refractivity contribution in [3.05, 3.63) is 47.7 Å². The summed E-state index contributed by atoms with van der Waals surface area (Å²) in [5.41, 5.74) is 2.48. The molecule has 0 N–H and O–H groups in total. The standard InChI is InChI=1S/C14H9N3S2/c1-9-6-7-10(8-15)13(16-9)19-14-17-11-4-2-3-5-12(11)18-14/h2-7H,1H3. The molecule has 0 aliphatic heterocycles. The van der Waals surface area contributed by atoms with Gasteiger partial charge in [-0.15, -0.1) is 11.3 Å². The fraction of sp³-hybridized carbons (Fsp3) is 0.0714. The lowest BCUT2D eigenvalue weighted by atomic mass is 10.3. The Kier molecular flexibility index (Phi) is 3.20. The van der Waals surface area contributed by atoms with Crippen LogP contribution in [0, 0.1) is 18.3 Å². The van der Waals surface area contributed by atoms with Crippen molar-refractivity contribution in [2.45, 2.75) is 16.3 Å².